The third kappa shape index (κ3) is 7.83. The Balaban J connectivity index is 0.00000441. The molecule has 208 valence electrons. The Morgan fingerprint density at radius 3 is 2.38 bits per heavy atom. The summed E-state index contributed by atoms with van der Waals surface area (Å²) in [6.07, 6.45) is 0.137. The van der Waals surface area contributed by atoms with Crippen LogP contribution in [0.4, 0.5) is 0 Å². The minimum absolute atomic E-state index is 0. The fraction of sp³-hybridized carbons (Fsp3) is 0.273. The van der Waals surface area contributed by atoms with Gasteiger partial charge in [-0.3, -0.25) is 0 Å². The van der Waals surface area contributed by atoms with Crippen LogP contribution in [0.1, 0.15) is 35.3 Å². The number of carbonyl (C=O) groups is 1. The first kappa shape index (κ1) is 30.6. The van der Waals surface area contributed by atoms with E-state index in [0.29, 0.717) is 30.0 Å². The van der Waals surface area contributed by atoms with E-state index in [1.54, 1.807) is 31.2 Å². The number of fused-ring (bicyclic) bond motifs is 1. The first-order valence-corrected chi connectivity index (χ1v) is 13.2. The summed E-state index contributed by atoms with van der Waals surface area (Å²) in [4.78, 5) is 14.1. The number of aliphatic hydroxyl groups is 1. The summed E-state index contributed by atoms with van der Waals surface area (Å²) in [5.41, 5.74) is 3.85. The van der Waals surface area contributed by atoms with E-state index in [-0.39, 0.29) is 31.0 Å². The van der Waals surface area contributed by atoms with Gasteiger partial charge in [0.15, 0.2) is 0 Å². The van der Waals surface area contributed by atoms with Gasteiger partial charge in [-0.2, -0.15) is 5.26 Å². The van der Waals surface area contributed by atoms with Gasteiger partial charge in [-0.1, -0.05) is 60.7 Å². The van der Waals surface area contributed by atoms with Crippen LogP contribution in [-0.4, -0.2) is 54.9 Å². The lowest BCUT2D eigenvalue weighted by Crippen LogP contribution is -2.39. The van der Waals surface area contributed by atoms with E-state index in [9.17, 15) is 15.2 Å². The van der Waals surface area contributed by atoms with Gasteiger partial charge in [0.25, 0.3) is 0 Å². The van der Waals surface area contributed by atoms with Gasteiger partial charge in [-0.25, -0.2) is 4.79 Å². The molecule has 0 fully saturated rings. The number of likely N-dealkylation sites (N-methyl/N-ethyl adjacent to an activating group) is 1. The minimum atomic E-state index is -0.729. The molecule has 7 heteroatoms. The fourth-order valence-electron chi connectivity index (χ4n) is 4.54. The van der Waals surface area contributed by atoms with Crippen molar-refractivity contribution in [2.24, 2.45) is 0 Å². The molecule has 1 unspecified atom stereocenters. The summed E-state index contributed by atoms with van der Waals surface area (Å²) in [5.74, 6) is 0.0498. The second-order valence-electron chi connectivity index (χ2n) is 9.76. The third-order valence-corrected chi connectivity index (χ3v) is 6.86. The van der Waals surface area contributed by atoms with Crippen LogP contribution < -0.4 is 4.74 Å². The number of esters is 1. The van der Waals surface area contributed by atoms with Gasteiger partial charge < -0.3 is 19.5 Å². The van der Waals surface area contributed by atoms with E-state index >= 15 is 0 Å². The van der Waals surface area contributed by atoms with Crippen LogP contribution in [0, 0.1) is 11.3 Å². The van der Waals surface area contributed by atoms with Crippen LogP contribution in [-0.2, 0) is 11.2 Å². The highest BCUT2D eigenvalue weighted by molar-refractivity contribution is 5.90. The second kappa shape index (κ2) is 14.5. The van der Waals surface area contributed by atoms with Gasteiger partial charge in [-0.05, 0) is 79.0 Å². The quantitative estimate of drug-likeness (QED) is 0.218. The lowest BCUT2D eigenvalue weighted by atomic mass is 10.0. The SMILES string of the molecule is CCOC(=O)c1ccc(-c2ccc(C#N)c(OC[C@H](O)CN(C)C(C)Cc3ccc4ccccc4c3)c2)cc1.Cl. The summed E-state index contributed by atoms with van der Waals surface area (Å²) in [6, 6.07) is 29.6. The zero-order chi connectivity index (χ0) is 27.8. The largest absolute Gasteiger partial charge is 0.489 e. The monoisotopic (exact) mass is 558 g/mol. The van der Waals surface area contributed by atoms with Crippen molar-refractivity contribution in [2.75, 3.05) is 26.8 Å². The smallest absolute Gasteiger partial charge is 0.338 e. The number of nitrogens with zero attached hydrogens (tertiary/aromatic N) is 2. The molecule has 4 rings (SSSR count). The number of hydrogen-bond donors (Lipinski definition) is 1. The van der Waals surface area contributed by atoms with E-state index in [1.807, 2.05) is 37.4 Å². The first-order chi connectivity index (χ1) is 18.9. The molecule has 0 spiro atoms. The Hall–Kier alpha value is -3.89. The molecule has 0 radical (unpaired) electrons. The molecule has 0 bridgehead atoms. The Bertz CT molecular complexity index is 1470. The highest BCUT2D eigenvalue weighted by Crippen LogP contribution is 2.28. The topological polar surface area (TPSA) is 82.8 Å². The highest BCUT2D eigenvalue weighted by atomic mass is 35.5. The number of aliphatic hydroxyl groups excluding tert-OH is 1. The molecule has 0 saturated carbocycles. The molecule has 0 aliphatic carbocycles. The van der Waals surface area contributed by atoms with Crippen molar-refractivity contribution in [3.8, 4) is 22.9 Å². The van der Waals surface area contributed by atoms with Crippen molar-refractivity contribution in [3.05, 3.63) is 102 Å². The summed E-state index contributed by atoms with van der Waals surface area (Å²) < 4.78 is 11.0. The summed E-state index contributed by atoms with van der Waals surface area (Å²) in [5, 5.41) is 22.7. The summed E-state index contributed by atoms with van der Waals surface area (Å²) >= 11 is 0. The standard InChI is InChI=1S/C33H34N2O4.ClH/c1-4-38-33(37)27-13-11-26(12-14-27)29-15-16-30(20-34)32(19-29)39-22-31(36)21-35(3)23(2)17-24-9-10-25-7-5-6-8-28(25)18-24;/h5-16,18-19,23,31,36H,4,17,21-22H2,1-3H3;1H/t23?,31-;/m1./s1. The van der Waals surface area contributed by atoms with Gasteiger partial charge >= 0.3 is 5.97 Å². The lowest BCUT2D eigenvalue weighted by molar-refractivity contribution is 0.0526. The molecule has 0 amide bonds. The van der Waals surface area contributed by atoms with Crippen molar-refractivity contribution in [3.63, 3.8) is 0 Å². The van der Waals surface area contributed by atoms with Gasteiger partial charge in [0.05, 0.1) is 17.7 Å². The maximum absolute atomic E-state index is 11.9. The normalized spacial score (nSPS) is 12.3. The molecule has 0 aliphatic rings. The van der Waals surface area contributed by atoms with E-state index < -0.39 is 6.10 Å². The Labute approximate surface area is 242 Å². The van der Waals surface area contributed by atoms with Crippen LogP contribution in [0.15, 0.2) is 84.9 Å². The first-order valence-electron chi connectivity index (χ1n) is 13.2. The highest BCUT2D eigenvalue weighted by Gasteiger charge is 2.17. The molecule has 0 aromatic heterocycles. The molecule has 1 N–H and O–H groups in total. The van der Waals surface area contributed by atoms with Gasteiger partial charge in [0, 0.05) is 12.6 Å². The van der Waals surface area contributed by atoms with Crippen molar-refractivity contribution in [2.45, 2.75) is 32.4 Å². The number of hydrogen-bond acceptors (Lipinski definition) is 6. The maximum atomic E-state index is 11.9. The second-order valence-corrected chi connectivity index (χ2v) is 9.76. The zero-order valence-electron chi connectivity index (χ0n) is 23.0. The molecule has 6 nitrogen and oxygen atoms in total. The zero-order valence-corrected chi connectivity index (χ0v) is 23.9. The van der Waals surface area contributed by atoms with Crippen molar-refractivity contribution >= 4 is 29.1 Å². The average molecular weight is 559 g/mol. The molecule has 2 atom stereocenters. The Morgan fingerprint density at radius 1 is 0.975 bits per heavy atom. The summed E-state index contributed by atoms with van der Waals surface area (Å²) in [6.45, 7) is 4.74. The maximum Gasteiger partial charge on any atom is 0.338 e. The number of carbonyl (C=O) groups excluding carboxylic acids is 1. The molecule has 0 saturated heterocycles. The van der Waals surface area contributed by atoms with E-state index in [1.165, 1.54) is 16.3 Å². The summed E-state index contributed by atoms with van der Waals surface area (Å²) in [7, 11) is 2.00. The number of benzene rings is 4. The average Bonchev–Trinajstić information content (AvgIpc) is 2.96. The number of rotatable bonds is 11. The predicted octanol–water partition coefficient (Wildman–Crippen LogP) is 6.28. The minimum Gasteiger partial charge on any atom is -0.489 e. The van der Waals surface area contributed by atoms with Crippen LogP contribution in [0.3, 0.4) is 0 Å². The van der Waals surface area contributed by atoms with Crippen LogP contribution in [0.25, 0.3) is 21.9 Å². The number of ether oxygens (including phenoxy) is 2. The van der Waals surface area contributed by atoms with Gasteiger partial charge in [-0.15, -0.1) is 12.4 Å². The molecule has 0 heterocycles. The molecule has 4 aromatic carbocycles. The molecular formula is C33H35ClN2O4. The van der Waals surface area contributed by atoms with E-state index in [0.717, 1.165) is 17.5 Å². The number of halogens is 1. The lowest BCUT2D eigenvalue weighted by Gasteiger charge is -2.27. The van der Waals surface area contributed by atoms with Crippen LogP contribution >= 0.6 is 12.4 Å². The Kier molecular flexibility index (Phi) is 11.1. The van der Waals surface area contributed by atoms with Crippen molar-refractivity contribution < 1.29 is 19.4 Å². The van der Waals surface area contributed by atoms with E-state index in [4.69, 9.17) is 9.47 Å². The molecule has 40 heavy (non-hydrogen) atoms. The van der Waals surface area contributed by atoms with Crippen LogP contribution in [0.5, 0.6) is 5.75 Å². The predicted molar refractivity (Wildman–Crippen MR) is 161 cm³/mol. The van der Waals surface area contributed by atoms with Crippen molar-refractivity contribution in [1.82, 2.24) is 4.90 Å². The Morgan fingerprint density at radius 2 is 1.68 bits per heavy atom. The van der Waals surface area contributed by atoms with Gasteiger partial charge in [0.1, 0.15) is 24.5 Å². The molecular weight excluding hydrogens is 524 g/mol. The van der Waals surface area contributed by atoms with Crippen LogP contribution in [0.2, 0.25) is 0 Å². The van der Waals surface area contributed by atoms with E-state index in [2.05, 4.69) is 48.2 Å². The fourth-order valence-corrected chi connectivity index (χ4v) is 4.54. The number of nitriles is 1. The van der Waals surface area contributed by atoms with Gasteiger partial charge in [0.2, 0.25) is 0 Å². The van der Waals surface area contributed by atoms with Crippen molar-refractivity contribution in [1.29, 1.82) is 5.26 Å². The molecule has 4 aromatic rings. The third-order valence-electron chi connectivity index (χ3n) is 6.86. The molecule has 0 aliphatic heterocycles.